The minimum absolute atomic E-state index is 0.180. The van der Waals surface area contributed by atoms with Crippen LogP contribution in [0.2, 0.25) is 0 Å². The molecule has 0 bridgehead atoms. The molecular formula is C19H19FO4. The number of alkyl halides is 1. The van der Waals surface area contributed by atoms with Gasteiger partial charge in [0.1, 0.15) is 18.8 Å². The number of hydrogen-bond acceptors (Lipinski definition) is 4. The lowest BCUT2D eigenvalue weighted by Gasteiger charge is -2.14. The predicted octanol–water partition coefficient (Wildman–Crippen LogP) is 2.55. The van der Waals surface area contributed by atoms with E-state index in [0.717, 1.165) is 5.56 Å². The Morgan fingerprint density at radius 3 is 2.33 bits per heavy atom. The maximum atomic E-state index is 14.2. The molecule has 4 nitrogen and oxygen atoms in total. The van der Waals surface area contributed by atoms with Crippen molar-refractivity contribution in [2.75, 3.05) is 6.61 Å². The summed E-state index contributed by atoms with van der Waals surface area (Å²) in [7, 11) is 0. The van der Waals surface area contributed by atoms with Crippen LogP contribution < -0.4 is 0 Å². The highest BCUT2D eigenvalue weighted by molar-refractivity contribution is 5.89. The molecular weight excluding hydrogens is 311 g/mol. The van der Waals surface area contributed by atoms with Gasteiger partial charge in [-0.15, -0.1) is 0 Å². The van der Waals surface area contributed by atoms with E-state index < -0.39 is 30.5 Å². The molecule has 1 saturated heterocycles. The number of rotatable bonds is 5. The van der Waals surface area contributed by atoms with E-state index in [4.69, 9.17) is 9.47 Å². The summed E-state index contributed by atoms with van der Waals surface area (Å²) in [5.74, 6) is -0.520. The first-order chi connectivity index (χ1) is 11.6. The smallest absolute Gasteiger partial charge is 0.338 e. The molecule has 1 aliphatic rings. The van der Waals surface area contributed by atoms with Gasteiger partial charge < -0.3 is 14.6 Å². The fraction of sp³-hybridized carbons (Fsp3) is 0.316. The van der Waals surface area contributed by atoms with Crippen molar-refractivity contribution in [3.8, 4) is 0 Å². The molecule has 2 aromatic rings. The van der Waals surface area contributed by atoms with Crippen LogP contribution in [0.4, 0.5) is 4.39 Å². The molecule has 3 rings (SSSR count). The molecule has 5 heteroatoms. The van der Waals surface area contributed by atoms with Crippen LogP contribution >= 0.6 is 0 Å². The van der Waals surface area contributed by atoms with Crippen molar-refractivity contribution in [2.45, 2.75) is 30.9 Å². The zero-order chi connectivity index (χ0) is 16.9. The second-order valence-electron chi connectivity index (χ2n) is 5.80. The maximum absolute atomic E-state index is 14.2. The molecule has 0 saturated carbocycles. The van der Waals surface area contributed by atoms with Gasteiger partial charge in [0.25, 0.3) is 0 Å². The Kier molecular flexibility index (Phi) is 5.23. The highest BCUT2D eigenvalue weighted by Crippen LogP contribution is 2.27. The van der Waals surface area contributed by atoms with E-state index in [9.17, 15) is 14.3 Å². The summed E-state index contributed by atoms with van der Waals surface area (Å²) in [5, 5.41) is 10.00. The number of ether oxygens (including phenoxy) is 2. The molecule has 1 N–H and O–H groups in total. The van der Waals surface area contributed by atoms with Crippen LogP contribution in [-0.4, -0.2) is 42.2 Å². The second-order valence-corrected chi connectivity index (χ2v) is 5.80. The lowest BCUT2D eigenvalue weighted by atomic mass is 10.0. The van der Waals surface area contributed by atoms with E-state index in [0.29, 0.717) is 12.0 Å². The number of carbonyl (C=O) groups excluding carboxylic acids is 1. The lowest BCUT2D eigenvalue weighted by Crippen LogP contribution is -2.32. The highest BCUT2D eigenvalue weighted by Gasteiger charge is 2.44. The Morgan fingerprint density at radius 1 is 1.04 bits per heavy atom. The third-order valence-electron chi connectivity index (χ3n) is 4.08. The molecule has 4 atom stereocenters. The fourth-order valence-electron chi connectivity index (χ4n) is 2.77. The molecule has 1 aliphatic heterocycles. The topological polar surface area (TPSA) is 55.8 Å². The summed E-state index contributed by atoms with van der Waals surface area (Å²) < 4.78 is 25.0. The van der Waals surface area contributed by atoms with Crippen LogP contribution in [0.25, 0.3) is 0 Å². The van der Waals surface area contributed by atoms with Gasteiger partial charge in [-0.1, -0.05) is 48.5 Å². The van der Waals surface area contributed by atoms with Crippen molar-refractivity contribution in [2.24, 2.45) is 0 Å². The van der Waals surface area contributed by atoms with Gasteiger partial charge in [0, 0.05) is 6.42 Å². The van der Waals surface area contributed by atoms with Crippen LogP contribution in [0.5, 0.6) is 0 Å². The van der Waals surface area contributed by atoms with Gasteiger partial charge in [-0.25, -0.2) is 9.18 Å². The molecule has 0 aliphatic carbocycles. The zero-order valence-electron chi connectivity index (χ0n) is 13.0. The summed E-state index contributed by atoms with van der Waals surface area (Å²) in [6, 6.07) is 17.9. The van der Waals surface area contributed by atoms with Crippen LogP contribution in [-0.2, 0) is 15.9 Å². The standard InChI is InChI=1S/C19H19FO4/c20-17-15(11-13-7-3-1-4-8-13)24-16(18(17)21)12-23-19(22)14-9-5-2-6-10-14/h1-10,15-18,21H,11-12H2/t15-,16+,17?,18?/m0/s1. The van der Waals surface area contributed by atoms with Crippen molar-refractivity contribution < 1.29 is 23.8 Å². The summed E-state index contributed by atoms with van der Waals surface area (Å²) in [4.78, 5) is 11.9. The van der Waals surface area contributed by atoms with E-state index in [1.807, 2.05) is 30.3 Å². The van der Waals surface area contributed by atoms with Crippen LogP contribution in [0.1, 0.15) is 15.9 Å². The van der Waals surface area contributed by atoms with Crippen molar-refractivity contribution >= 4 is 5.97 Å². The average molecular weight is 330 g/mol. The first kappa shape index (κ1) is 16.6. The molecule has 0 aromatic heterocycles. The summed E-state index contributed by atoms with van der Waals surface area (Å²) in [6.45, 7) is -0.180. The Morgan fingerprint density at radius 2 is 1.67 bits per heavy atom. The van der Waals surface area contributed by atoms with Gasteiger partial charge in [0.15, 0.2) is 6.17 Å². The van der Waals surface area contributed by atoms with Crippen molar-refractivity contribution in [3.63, 3.8) is 0 Å². The predicted molar refractivity (Wildman–Crippen MR) is 86.4 cm³/mol. The SMILES string of the molecule is O=C(OC[C@H]1O[C@@H](Cc2ccccc2)C(F)C1O)c1ccccc1. The van der Waals surface area contributed by atoms with E-state index in [1.165, 1.54) is 0 Å². The first-order valence-corrected chi connectivity index (χ1v) is 7.89. The Balaban J connectivity index is 1.56. The molecule has 0 amide bonds. The van der Waals surface area contributed by atoms with E-state index in [1.54, 1.807) is 30.3 Å². The summed E-state index contributed by atoms with van der Waals surface area (Å²) in [6.07, 6.45) is -4.06. The molecule has 0 spiro atoms. The summed E-state index contributed by atoms with van der Waals surface area (Å²) >= 11 is 0. The largest absolute Gasteiger partial charge is 0.459 e. The van der Waals surface area contributed by atoms with Gasteiger partial charge in [0.05, 0.1) is 11.7 Å². The number of benzene rings is 2. The highest BCUT2D eigenvalue weighted by atomic mass is 19.1. The number of esters is 1. The minimum Gasteiger partial charge on any atom is -0.459 e. The molecule has 0 radical (unpaired) electrons. The number of halogens is 1. The number of hydrogen-bond donors (Lipinski definition) is 1. The van der Waals surface area contributed by atoms with Gasteiger partial charge >= 0.3 is 5.97 Å². The maximum Gasteiger partial charge on any atom is 0.338 e. The third kappa shape index (κ3) is 3.80. The van der Waals surface area contributed by atoms with Gasteiger partial charge in [-0.2, -0.15) is 0 Å². The first-order valence-electron chi connectivity index (χ1n) is 7.89. The Labute approximate surface area is 139 Å². The summed E-state index contributed by atoms with van der Waals surface area (Å²) in [5.41, 5.74) is 1.34. The molecule has 24 heavy (non-hydrogen) atoms. The van der Waals surface area contributed by atoms with E-state index in [2.05, 4.69) is 0 Å². The molecule has 2 aromatic carbocycles. The van der Waals surface area contributed by atoms with E-state index >= 15 is 0 Å². The van der Waals surface area contributed by atoms with Crippen LogP contribution in [0.15, 0.2) is 60.7 Å². The molecule has 2 unspecified atom stereocenters. The lowest BCUT2D eigenvalue weighted by molar-refractivity contribution is -0.0332. The van der Waals surface area contributed by atoms with Crippen molar-refractivity contribution in [1.82, 2.24) is 0 Å². The zero-order valence-corrected chi connectivity index (χ0v) is 13.0. The van der Waals surface area contributed by atoms with Gasteiger partial charge in [0.2, 0.25) is 0 Å². The second kappa shape index (κ2) is 7.55. The number of aliphatic hydroxyl groups excluding tert-OH is 1. The monoisotopic (exact) mass is 330 g/mol. The van der Waals surface area contributed by atoms with Gasteiger partial charge in [-0.05, 0) is 17.7 Å². The fourth-order valence-corrected chi connectivity index (χ4v) is 2.77. The van der Waals surface area contributed by atoms with Crippen LogP contribution in [0.3, 0.4) is 0 Å². The molecule has 1 fully saturated rings. The van der Waals surface area contributed by atoms with Crippen molar-refractivity contribution in [3.05, 3.63) is 71.8 Å². The quantitative estimate of drug-likeness (QED) is 0.856. The van der Waals surface area contributed by atoms with Crippen molar-refractivity contribution in [1.29, 1.82) is 0 Å². The number of carbonyl (C=O) groups is 1. The van der Waals surface area contributed by atoms with Crippen LogP contribution in [0, 0.1) is 0 Å². The normalized spacial score (nSPS) is 26.2. The van der Waals surface area contributed by atoms with Gasteiger partial charge in [-0.3, -0.25) is 0 Å². The van der Waals surface area contributed by atoms with E-state index in [-0.39, 0.29) is 6.61 Å². The average Bonchev–Trinajstić information content (AvgIpc) is 2.89. The Hall–Kier alpha value is -2.24. The molecule has 1 heterocycles. The minimum atomic E-state index is -1.51. The Bertz CT molecular complexity index is 662. The number of aliphatic hydroxyl groups is 1. The molecule has 126 valence electrons. The third-order valence-corrected chi connectivity index (χ3v) is 4.08.